The number of aryl methyl sites for hydroxylation is 1. The molecule has 1 aliphatic rings. The quantitative estimate of drug-likeness (QED) is 0.640. The Bertz CT molecular complexity index is 378. The molecule has 2 N–H and O–H groups in total. The molecule has 0 radical (unpaired) electrons. The molecule has 2 rings (SSSR count). The lowest BCUT2D eigenvalue weighted by Crippen LogP contribution is -2.20. The standard InChI is InChI=1S/C15H28N4O2/c20-10-5-9-19-13-14(17-18-19)12-16-8-4-11-21-15-6-2-1-3-7-15/h13,15-16,20H,1-12H2. The summed E-state index contributed by atoms with van der Waals surface area (Å²) in [5.74, 6) is 0. The first-order chi connectivity index (χ1) is 10.4. The highest BCUT2D eigenvalue weighted by Crippen LogP contribution is 2.20. The van der Waals surface area contributed by atoms with E-state index in [9.17, 15) is 0 Å². The van der Waals surface area contributed by atoms with Gasteiger partial charge in [0, 0.05) is 32.5 Å². The third-order valence-electron chi connectivity index (χ3n) is 3.84. The molecular formula is C15H28N4O2. The van der Waals surface area contributed by atoms with Crippen molar-refractivity contribution in [3.05, 3.63) is 11.9 Å². The Morgan fingerprint density at radius 2 is 2.14 bits per heavy atom. The van der Waals surface area contributed by atoms with Crippen LogP contribution in [-0.4, -0.2) is 46.0 Å². The summed E-state index contributed by atoms with van der Waals surface area (Å²) in [5, 5.41) is 20.2. The first kappa shape index (κ1) is 16.4. The smallest absolute Gasteiger partial charge is 0.0964 e. The van der Waals surface area contributed by atoms with Crippen molar-refractivity contribution in [1.82, 2.24) is 20.3 Å². The van der Waals surface area contributed by atoms with Crippen LogP contribution in [0, 0.1) is 0 Å². The van der Waals surface area contributed by atoms with E-state index in [-0.39, 0.29) is 6.61 Å². The number of nitrogens with one attached hydrogen (secondary N) is 1. The lowest BCUT2D eigenvalue weighted by Gasteiger charge is -2.21. The molecule has 120 valence electrons. The molecule has 1 aromatic heterocycles. The molecule has 6 nitrogen and oxygen atoms in total. The van der Waals surface area contributed by atoms with Gasteiger partial charge in [-0.1, -0.05) is 24.5 Å². The van der Waals surface area contributed by atoms with E-state index in [1.807, 2.05) is 6.20 Å². The Kier molecular flexibility index (Phi) is 7.70. The van der Waals surface area contributed by atoms with Gasteiger partial charge in [-0.15, -0.1) is 5.10 Å². The zero-order valence-corrected chi connectivity index (χ0v) is 12.8. The van der Waals surface area contributed by atoms with E-state index in [0.29, 0.717) is 12.5 Å². The van der Waals surface area contributed by atoms with Crippen LogP contribution in [0.2, 0.25) is 0 Å². The van der Waals surface area contributed by atoms with Gasteiger partial charge in [-0.05, 0) is 32.2 Å². The maximum Gasteiger partial charge on any atom is 0.0964 e. The number of hydrogen-bond donors (Lipinski definition) is 2. The molecule has 1 saturated carbocycles. The van der Waals surface area contributed by atoms with Crippen molar-refractivity contribution in [3.63, 3.8) is 0 Å². The van der Waals surface area contributed by atoms with E-state index in [0.717, 1.165) is 38.4 Å². The van der Waals surface area contributed by atoms with Crippen LogP contribution in [0.1, 0.15) is 50.6 Å². The lowest BCUT2D eigenvalue weighted by molar-refractivity contribution is 0.0273. The summed E-state index contributed by atoms with van der Waals surface area (Å²) in [6, 6.07) is 0. The van der Waals surface area contributed by atoms with Gasteiger partial charge < -0.3 is 15.2 Å². The number of nitrogens with zero attached hydrogens (tertiary/aromatic N) is 3. The summed E-state index contributed by atoms with van der Waals surface area (Å²) in [6.07, 6.45) is 10.7. The molecule has 6 heteroatoms. The van der Waals surface area contributed by atoms with Gasteiger partial charge in [0.1, 0.15) is 0 Å². The van der Waals surface area contributed by atoms with Crippen LogP contribution in [-0.2, 0) is 17.8 Å². The van der Waals surface area contributed by atoms with Crippen molar-refractivity contribution in [2.75, 3.05) is 19.8 Å². The van der Waals surface area contributed by atoms with Crippen LogP contribution in [0.5, 0.6) is 0 Å². The van der Waals surface area contributed by atoms with Gasteiger partial charge >= 0.3 is 0 Å². The van der Waals surface area contributed by atoms with Crippen molar-refractivity contribution in [2.45, 2.75) is 64.1 Å². The van der Waals surface area contributed by atoms with Crippen LogP contribution in [0.3, 0.4) is 0 Å². The van der Waals surface area contributed by atoms with Gasteiger partial charge in [0.05, 0.1) is 11.8 Å². The Labute approximate surface area is 126 Å². The first-order valence-electron chi connectivity index (χ1n) is 8.20. The Balaban J connectivity index is 1.48. The zero-order valence-electron chi connectivity index (χ0n) is 12.8. The van der Waals surface area contributed by atoms with Crippen LogP contribution >= 0.6 is 0 Å². The average Bonchev–Trinajstić information content (AvgIpc) is 2.97. The predicted octanol–water partition coefficient (Wildman–Crippen LogP) is 1.49. The SMILES string of the molecule is OCCCn1cc(CNCCCOC2CCCCC2)nn1. The molecule has 1 aromatic rings. The largest absolute Gasteiger partial charge is 0.396 e. The van der Waals surface area contributed by atoms with Crippen LogP contribution < -0.4 is 5.32 Å². The maximum absolute atomic E-state index is 8.77. The highest BCUT2D eigenvalue weighted by atomic mass is 16.5. The van der Waals surface area contributed by atoms with Crippen molar-refractivity contribution >= 4 is 0 Å². The minimum atomic E-state index is 0.189. The molecule has 21 heavy (non-hydrogen) atoms. The van der Waals surface area contributed by atoms with Gasteiger partial charge in [-0.2, -0.15) is 0 Å². The monoisotopic (exact) mass is 296 g/mol. The Morgan fingerprint density at radius 3 is 2.95 bits per heavy atom. The number of rotatable bonds is 10. The van der Waals surface area contributed by atoms with E-state index in [1.54, 1.807) is 4.68 Å². The van der Waals surface area contributed by atoms with Crippen molar-refractivity contribution in [2.24, 2.45) is 0 Å². The van der Waals surface area contributed by atoms with Gasteiger partial charge in [-0.3, -0.25) is 4.68 Å². The minimum absolute atomic E-state index is 0.189. The maximum atomic E-state index is 8.77. The van der Waals surface area contributed by atoms with Crippen LogP contribution in [0.15, 0.2) is 6.20 Å². The minimum Gasteiger partial charge on any atom is -0.396 e. The summed E-state index contributed by atoms with van der Waals surface area (Å²) in [5.41, 5.74) is 0.945. The van der Waals surface area contributed by atoms with Gasteiger partial charge in [-0.25, -0.2) is 0 Å². The van der Waals surface area contributed by atoms with Crippen molar-refractivity contribution in [3.8, 4) is 0 Å². The summed E-state index contributed by atoms with van der Waals surface area (Å²) in [6.45, 7) is 3.44. The average molecular weight is 296 g/mol. The molecule has 1 fully saturated rings. The van der Waals surface area contributed by atoms with E-state index < -0.39 is 0 Å². The van der Waals surface area contributed by atoms with Crippen molar-refractivity contribution < 1.29 is 9.84 Å². The highest BCUT2D eigenvalue weighted by molar-refractivity contribution is 4.91. The molecule has 0 aliphatic heterocycles. The second-order valence-electron chi connectivity index (χ2n) is 5.71. The Hall–Kier alpha value is -0.980. The number of aliphatic hydroxyl groups is 1. The molecule has 0 atom stereocenters. The summed E-state index contributed by atoms with van der Waals surface area (Å²) >= 11 is 0. The van der Waals surface area contributed by atoms with Crippen LogP contribution in [0.25, 0.3) is 0 Å². The molecule has 0 bridgehead atoms. The molecular weight excluding hydrogens is 268 g/mol. The molecule has 0 saturated heterocycles. The number of hydrogen-bond acceptors (Lipinski definition) is 5. The van der Waals surface area contributed by atoms with Gasteiger partial charge in [0.25, 0.3) is 0 Å². The van der Waals surface area contributed by atoms with Gasteiger partial charge in [0.15, 0.2) is 0 Å². The fourth-order valence-electron chi connectivity index (χ4n) is 2.66. The summed E-state index contributed by atoms with van der Waals surface area (Å²) < 4.78 is 7.67. The van der Waals surface area contributed by atoms with Gasteiger partial charge in [0.2, 0.25) is 0 Å². The fourth-order valence-corrected chi connectivity index (χ4v) is 2.66. The van der Waals surface area contributed by atoms with E-state index in [1.165, 1.54) is 32.1 Å². The predicted molar refractivity (Wildman–Crippen MR) is 80.9 cm³/mol. The van der Waals surface area contributed by atoms with Crippen molar-refractivity contribution in [1.29, 1.82) is 0 Å². The Morgan fingerprint density at radius 1 is 1.29 bits per heavy atom. The van der Waals surface area contributed by atoms with E-state index >= 15 is 0 Å². The number of aromatic nitrogens is 3. The molecule has 1 aliphatic carbocycles. The molecule has 0 spiro atoms. The number of aliphatic hydroxyl groups excluding tert-OH is 1. The summed E-state index contributed by atoms with van der Waals surface area (Å²) in [7, 11) is 0. The molecule has 0 unspecified atom stereocenters. The van der Waals surface area contributed by atoms with E-state index in [2.05, 4.69) is 15.6 Å². The second kappa shape index (κ2) is 9.87. The molecule has 1 heterocycles. The third kappa shape index (κ3) is 6.54. The second-order valence-corrected chi connectivity index (χ2v) is 5.71. The topological polar surface area (TPSA) is 72.2 Å². The van der Waals surface area contributed by atoms with E-state index in [4.69, 9.17) is 9.84 Å². The molecule has 0 amide bonds. The third-order valence-corrected chi connectivity index (χ3v) is 3.84. The zero-order chi connectivity index (χ0) is 14.8. The number of ether oxygens (including phenoxy) is 1. The van der Waals surface area contributed by atoms with Crippen LogP contribution in [0.4, 0.5) is 0 Å². The normalized spacial score (nSPS) is 16.4. The first-order valence-corrected chi connectivity index (χ1v) is 8.20. The lowest BCUT2D eigenvalue weighted by atomic mass is 9.98. The summed E-state index contributed by atoms with van der Waals surface area (Å²) in [4.78, 5) is 0. The fraction of sp³-hybridized carbons (Fsp3) is 0.867. The highest BCUT2D eigenvalue weighted by Gasteiger charge is 2.12. The molecule has 0 aromatic carbocycles.